The first kappa shape index (κ1) is 12.7. The molecule has 0 atom stereocenters. The second-order valence-electron chi connectivity index (χ2n) is 3.92. The lowest BCUT2D eigenvalue weighted by atomic mass is 10.3. The van der Waals surface area contributed by atoms with Crippen molar-refractivity contribution in [2.45, 2.75) is 0 Å². The molecule has 0 fully saturated rings. The van der Waals surface area contributed by atoms with Gasteiger partial charge in [-0.3, -0.25) is 5.43 Å². The van der Waals surface area contributed by atoms with Crippen molar-refractivity contribution in [2.24, 2.45) is 5.84 Å². The van der Waals surface area contributed by atoms with E-state index in [2.05, 4.69) is 20.7 Å². The summed E-state index contributed by atoms with van der Waals surface area (Å²) in [6.07, 6.45) is 0. The fourth-order valence-electron chi connectivity index (χ4n) is 1.73. The van der Waals surface area contributed by atoms with Crippen LogP contribution < -0.4 is 16.6 Å². The number of nitrogen functional groups attached to an aromatic ring is 1. The van der Waals surface area contributed by atoms with Crippen LogP contribution in [0, 0.1) is 11.6 Å². The minimum Gasteiger partial charge on any atom is -0.336 e. The van der Waals surface area contributed by atoms with Crippen molar-refractivity contribution in [1.82, 2.24) is 9.97 Å². The van der Waals surface area contributed by atoms with Gasteiger partial charge in [0, 0.05) is 6.07 Å². The molecule has 8 heteroatoms. The molecule has 2 aromatic heterocycles. The first-order valence-corrected chi connectivity index (χ1v) is 6.49. The number of nitrogens with two attached hydrogens (primary N) is 1. The van der Waals surface area contributed by atoms with Gasteiger partial charge in [0.1, 0.15) is 11.6 Å². The second kappa shape index (κ2) is 4.99. The molecule has 5 nitrogen and oxygen atoms in total. The van der Waals surface area contributed by atoms with E-state index >= 15 is 0 Å². The number of nitrogens with one attached hydrogen (secondary N) is 2. The van der Waals surface area contributed by atoms with Crippen LogP contribution in [0.15, 0.2) is 29.6 Å². The van der Waals surface area contributed by atoms with Gasteiger partial charge in [0.2, 0.25) is 5.95 Å². The van der Waals surface area contributed by atoms with Crippen molar-refractivity contribution in [3.05, 3.63) is 41.3 Å². The van der Waals surface area contributed by atoms with Crippen molar-refractivity contribution >= 4 is 39.0 Å². The predicted octanol–water partition coefficient (Wildman–Crippen LogP) is 3.00. The lowest BCUT2D eigenvalue weighted by Gasteiger charge is -2.09. The van der Waals surface area contributed by atoms with E-state index in [1.165, 1.54) is 23.5 Å². The van der Waals surface area contributed by atoms with Crippen LogP contribution in [-0.2, 0) is 0 Å². The molecule has 2 heterocycles. The molecule has 0 unspecified atom stereocenters. The zero-order chi connectivity index (χ0) is 14.1. The molecule has 1 aromatic carbocycles. The number of fused-ring (bicyclic) bond motifs is 1. The number of halogens is 2. The largest absolute Gasteiger partial charge is 0.336 e. The van der Waals surface area contributed by atoms with Crippen LogP contribution in [0.5, 0.6) is 0 Å². The Morgan fingerprint density at radius 2 is 2.00 bits per heavy atom. The number of rotatable bonds is 3. The maximum Gasteiger partial charge on any atom is 0.239 e. The highest BCUT2D eigenvalue weighted by atomic mass is 32.1. The maximum absolute atomic E-state index is 13.7. The highest BCUT2D eigenvalue weighted by Gasteiger charge is 2.11. The van der Waals surface area contributed by atoms with E-state index in [4.69, 9.17) is 5.84 Å². The predicted molar refractivity (Wildman–Crippen MR) is 74.9 cm³/mol. The van der Waals surface area contributed by atoms with Crippen molar-refractivity contribution in [2.75, 3.05) is 10.7 Å². The van der Waals surface area contributed by atoms with Gasteiger partial charge in [0.25, 0.3) is 0 Å². The molecule has 0 amide bonds. The zero-order valence-corrected chi connectivity index (χ0v) is 10.8. The maximum atomic E-state index is 13.7. The lowest BCUT2D eigenvalue weighted by molar-refractivity contribution is 0.586. The highest BCUT2D eigenvalue weighted by Crippen LogP contribution is 2.30. The Hall–Kier alpha value is -2.32. The molecule has 20 heavy (non-hydrogen) atoms. The number of hydrazine groups is 1. The molecule has 3 aromatic rings. The fourth-order valence-corrected chi connectivity index (χ4v) is 2.51. The van der Waals surface area contributed by atoms with E-state index in [-0.39, 0.29) is 11.6 Å². The van der Waals surface area contributed by atoms with Gasteiger partial charge in [-0.2, -0.15) is 4.98 Å². The number of hydrogen-bond donors (Lipinski definition) is 3. The molecule has 3 rings (SSSR count). The van der Waals surface area contributed by atoms with Crippen molar-refractivity contribution in [3.63, 3.8) is 0 Å². The first-order chi connectivity index (χ1) is 9.67. The summed E-state index contributed by atoms with van der Waals surface area (Å²) in [4.78, 5) is 8.30. The van der Waals surface area contributed by atoms with Crippen LogP contribution in [-0.4, -0.2) is 9.97 Å². The molecule has 0 saturated heterocycles. The molecule has 0 aliphatic heterocycles. The molecule has 0 saturated carbocycles. The minimum atomic E-state index is -0.699. The third kappa shape index (κ3) is 2.26. The van der Waals surface area contributed by atoms with Gasteiger partial charge in [-0.05, 0) is 23.6 Å². The van der Waals surface area contributed by atoms with E-state index in [1.54, 1.807) is 6.07 Å². The molecule has 0 aliphatic rings. The Bertz CT molecular complexity index is 774. The van der Waals surface area contributed by atoms with Crippen LogP contribution in [0.4, 0.5) is 26.2 Å². The van der Waals surface area contributed by atoms with E-state index in [0.29, 0.717) is 11.3 Å². The van der Waals surface area contributed by atoms with Crippen molar-refractivity contribution in [1.29, 1.82) is 0 Å². The third-order valence-corrected chi connectivity index (χ3v) is 3.53. The summed E-state index contributed by atoms with van der Waals surface area (Å²) in [6, 6.07) is 5.08. The number of thiophene rings is 1. The molecular weight excluding hydrogens is 284 g/mol. The highest BCUT2D eigenvalue weighted by molar-refractivity contribution is 7.17. The van der Waals surface area contributed by atoms with Crippen LogP contribution >= 0.6 is 11.3 Å². The number of nitrogens with zero attached hydrogens (tertiary/aromatic N) is 2. The topological polar surface area (TPSA) is 75.9 Å². The van der Waals surface area contributed by atoms with Gasteiger partial charge in [-0.1, -0.05) is 0 Å². The molecule has 0 spiro atoms. The Labute approximate surface area is 116 Å². The summed E-state index contributed by atoms with van der Waals surface area (Å²) in [7, 11) is 0. The third-order valence-electron chi connectivity index (χ3n) is 2.62. The van der Waals surface area contributed by atoms with Gasteiger partial charge in [-0.15, -0.1) is 11.3 Å². The Kier molecular flexibility index (Phi) is 3.17. The normalized spacial score (nSPS) is 10.8. The van der Waals surface area contributed by atoms with Gasteiger partial charge in [0.15, 0.2) is 5.82 Å². The van der Waals surface area contributed by atoms with Crippen LogP contribution in [0.2, 0.25) is 0 Å². The van der Waals surface area contributed by atoms with Crippen molar-refractivity contribution in [3.8, 4) is 0 Å². The Balaban J connectivity index is 2.07. The van der Waals surface area contributed by atoms with Crippen LogP contribution in [0.25, 0.3) is 10.2 Å². The summed E-state index contributed by atoms with van der Waals surface area (Å²) >= 11 is 1.41. The summed E-state index contributed by atoms with van der Waals surface area (Å²) < 4.78 is 27.3. The summed E-state index contributed by atoms with van der Waals surface area (Å²) in [6.45, 7) is 0. The summed E-state index contributed by atoms with van der Waals surface area (Å²) in [5.41, 5.74) is 3.16. The van der Waals surface area contributed by atoms with E-state index in [9.17, 15) is 8.78 Å². The molecule has 4 N–H and O–H groups in total. The zero-order valence-electron chi connectivity index (χ0n) is 10.0. The van der Waals surface area contributed by atoms with Gasteiger partial charge >= 0.3 is 0 Å². The average molecular weight is 293 g/mol. The fraction of sp³-hybridized carbons (Fsp3) is 0. The number of aromatic nitrogens is 2. The quantitative estimate of drug-likeness (QED) is 0.511. The minimum absolute atomic E-state index is 0.128. The monoisotopic (exact) mass is 293 g/mol. The standard InChI is InChI=1S/C12H9F2N5S/c13-6-1-2-8(7(14)5-6)16-11-10-9(3-4-20-10)17-12(18-11)19-15/h1-5H,15H2,(H2,16,17,18,19). The summed E-state index contributed by atoms with van der Waals surface area (Å²) in [5, 5.41) is 4.66. The van der Waals surface area contributed by atoms with Gasteiger partial charge in [0.05, 0.1) is 15.9 Å². The number of anilines is 3. The molecule has 0 radical (unpaired) electrons. The van der Waals surface area contributed by atoms with E-state index in [0.717, 1.165) is 10.8 Å². The van der Waals surface area contributed by atoms with E-state index < -0.39 is 11.6 Å². The SMILES string of the molecule is NNc1nc(Nc2ccc(F)cc2F)c2sccc2n1. The molecule has 102 valence electrons. The van der Waals surface area contributed by atoms with Crippen molar-refractivity contribution < 1.29 is 8.78 Å². The lowest BCUT2D eigenvalue weighted by Crippen LogP contribution is -2.11. The van der Waals surface area contributed by atoms with E-state index in [1.807, 2.05) is 5.38 Å². The summed E-state index contributed by atoms with van der Waals surface area (Å²) in [5.74, 6) is 4.58. The Morgan fingerprint density at radius 3 is 2.75 bits per heavy atom. The number of benzene rings is 1. The van der Waals surface area contributed by atoms with Gasteiger partial charge in [-0.25, -0.2) is 19.6 Å². The molecule has 0 aliphatic carbocycles. The second-order valence-corrected chi connectivity index (χ2v) is 4.84. The average Bonchev–Trinajstić information content (AvgIpc) is 2.90. The Morgan fingerprint density at radius 1 is 1.15 bits per heavy atom. The molecular formula is C12H9F2N5S. The number of hydrogen-bond acceptors (Lipinski definition) is 6. The smallest absolute Gasteiger partial charge is 0.239 e. The van der Waals surface area contributed by atoms with Gasteiger partial charge < -0.3 is 5.32 Å². The van der Waals surface area contributed by atoms with Crippen LogP contribution in [0.1, 0.15) is 0 Å². The molecule has 0 bridgehead atoms. The first-order valence-electron chi connectivity index (χ1n) is 5.61. The van der Waals surface area contributed by atoms with Crippen LogP contribution in [0.3, 0.4) is 0 Å².